The minimum Gasteiger partial charge on any atom is -0.494 e. The zero-order valence-electron chi connectivity index (χ0n) is 23.1. The van der Waals surface area contributed by atoms with Gasteiger partial charge in [-0.3, -0.25) is 0 Å². The number of rotatable bonds is 11. The van der Waals surface area contributed by atoms with Gasteiger partial charge in [-0.2, -0.15) is 0 Å². The summed E-state index contributed by atoms with van der Waals surface area (Å²) in [6.07, 6.45) is 8.32. The first kappa shape index (κ1) is 28.5. The number of aliphatic hydroxyl groups is 1. The molecule has 0 aromatic heterocycles. The van der Waals surface area contributed by atoms with Crippen LogP contribution in [0.1, 0.15) is 63.4 Å². The highest BCUT2D eigenvalue weighted by molar-refractivity contribution is 6.78. The average Bonchev–Trinajstić information content (AvgIpc) is 2.94. The van der Waals surface area contributed by atoms with Crippen molar-refractivity contribution in [3.8, 4) is 28.0 Å². The minimum absolute atomic E-state index is 0.0671. The molecule has 0 heterocycles. The second-order valence-corrected chi connectivity index (χ2v) is 16.8. The Hall–Kier alpha value is -2.50. The minimum atomic E-state index is -1.15. The molecule has 0 spiro atoms. The third kappa shape index (κ3) is 6.73. The molecule has 0 saturated heterocycles. The van der Waals surface area contributed by atoms with Crippen molar-refractivity contribution in [2.45, 2.75) is 82.5 Å². The van der Waals surface area contributed by atoms with E-state index in [0.717, 1.165) is 5.54 Å². The first-order chi connectivity index (χ1) is 18.3. The molecule has 1 N–H and O–H groups in total. The van der Waals surface area contributed by atoms with Gasteiger partial charge < -0.3 is 9.84 Å². The van der Waals surface area contributed by atoms with E-state index in [2.05, 4.69) is 32.2 Å². The lowest BCUT2D eigenvalue weighted by Crippen LogP contribution is -2.34. The molecule has 1 fully saturated rings. The molecule has 0 bridgehead atoms. The van der Waals surface area contributed by atoms with Gasteiger partial charge >= 0.3 is 0 Å². The fourth-order valence-corrected chi connectivity index (χ4v) is 9.53. The van der Waals surface area contributed by atoms with Crippen LogP contribution in [-0.2, 0) is 0 Å². The summed E-state index contributed by atoms with van der Waals surface area (Å²) >= 11 is 0. The number of unbranched alkanes of at least 4 members (excludes halogenated alkanes) is 1. The predicted molar refractivity (Wildman–Crippen MR) is 157 cm³/mol. The van der Waals surface area contributed by atoms with Crippen LogP contribution in [0.5, 0.6) is 5.75 Å². The maximum atomic E-state index is 15.2. The third-order valence-corrected chi connectivity index (χ3v) is 12.9. The van der Waals surface area contributed by atoms with Crippen molar-refractivity contribution in [2.24, 2.45) is 0 Å². The van der Waals surface area contributed by atoms with E-state index >= 15 is 8.78 Å². The second kappa shape index (κ2) is 13.0. The molecule has 5 heteroatoms. The summed E-state index contributed by atoms with van der Waals surface area (Å²) in [5.41, 5.74) is 4.05. The number of ether oxygens (including phenoxy) is 1. The lowest BCUT2D eigenvalue weighted by atomic mass is 9.83. The Bertz CT molecular complexity index is 1170. The van der Waals surface area contributed by atoms with Crippen molar-refractivity contribution in [1.29, 1.82) is 0 Å². The van der Waals surface area contributed by atoms with Crippen molar-refractivity contribution in [3.05, 3.63) is 77.9 Å². The van der Waals surface area contributed by atoms with Gasteiger partial charge in [0.25, 0.3) is 0 Å². The molecule has 0 amide bonds. The normalized spacial score (nSPS) is 17.9. The summed E-state index contributed by atoms with van der Waals surface area (Å²) in [6.45, 7) is 7.92. The Morgan fingerprint density at radius 3 is 1.87 bits per heavy atom. The van der Waals surface area contributed by atoms with E-state index in [-0.39, 0.29) is 17.7 Å². The molecule has 1 aliphatic carbocycles. The lowest BCUT2D eigenvalue weighted by Gasteiger charge is -2.38. The van der Waals surface area contributed by atoms with Gasteiger partial charge in [0, 0.05) is 24.2 Å². The zero-order valence-corrected chi connectivity index (χ0v) is 24.1. The van der Waals surface area contributed by atoms with E-state index in [1.165, 1.54) is 50.1 Å². The molecule has 38 heavy (non-hydrogen) atoms. The van der Waals surface area contributed by atoms with Crippen LogP contribution >= 0.6 is 0 Å². The molecule has 1 saturated carbocycles. The Morgan fingerprint density at radius 1 is 0.789 bits per heavy atom. The second-order valence-electron chi connectivity index (χ2n) is 11.5. The molecule has 204 valence electrons. The highest BCUT2D eigenvalue weighted by atomic mass is 28.3. The molecule has 1 aliphatic rings. The smallest absolute Gasteiger partial charge is 0.167 e. The average molecular weight is 537 g/mol. The largest absolute Gasteiger partial charge is 0.494 e. The van der Waals surface area contributed by atoms with Gasteiger partial charge in [-0.1, -0.05) is 100 Å². The topological polar surface area (TPSA) is 29.5 Å². The first-order valence-corrected chi connectivity index (χ1v) is 17.5. The van der Waals surface area contributed by atoms with Crippen LogP contribution < -0.4 is 4.74 Å². The van der Waals surface area contributed by atoms with Crippen LogP contribution in [0.3, 0.4) is 0 Å². The first-order valence-electron chi connectivity index (χ1n) is 14.3. The Labute approximate surface area is 228 Å². The van der Waals surface area contributed by atoms with Gasteiger partial charge in [0.15, 0.2) is 11.6 Å². The van der Waals surface area contributed by atoms with Gasteiger partial charge in [0.1, 0.15) is 5.75 Å². The van der Waals surface area contributed by atoms with E-state index < -0.39 is 19.7 Å². The fourth-order valence-electron chi connectivity index (χ4n) is 5.96. The molecular weight excluding hydrogens is 494 g/mol. The quantitative estimate of drug-likeness (QED) is 0.195. The molecule has 3 aromatic carbocycles. The maximum Gasteiger partial charge on any atom is 0.167 e. The molecule has 0 aliphatic heterocycles. The van der Waals surface area contributed by atoms with Crippen LogP contribution in [0.25, 0.3) is 22.3 Å². The predicted octanol–water partition coefficient (Wildman–Crippen LogP) is 9.60. The van der Waals surface area contributed by atoms with Gasteiger partial charge in [-0.15, -0.1) is 0 Å². The van der Waals surface area contributed by atoms with Gasteiger partial charge in [-0.25, -0.2) is 8.78 Å². The van der Waals surface area contributed by atoms with E-state index in [1.807, 2.05) is 12.1 Å². The monoisotopic (exact) mass is 536 g/mol. The third-order valence-electron chi connectivity index (χ3n) is 8.52. The molecule has 2 nitrogen and oxygen atoms in total. The summed E-state index contributed by atoms with van der Waals surface area (Å²) in [5, 5.41) is 8.87. The van der Waals surface area contributed by atoms with E-state index in [1.54, 1.807) is 36.4 Å². The Morgan fingerprint density at radius 2 is 1.34 bits per heavy atom. The fraction of sp³-hybridized carbons (Fsp3) is 0.455. The highest BCUT2D eigenvalue weighted by Crippen LogP contribution is 2.45. The molecule has 0 radical (unpaired) electrons. The van der Waals surface area contributed by atoms with Crippen LogP contribution in [0.2, 0.25) is 24.7 Å². The number of aliphatic hydroxyl groups excluding tert-OH is 1. The number of hydrogen-bond acceptors (Lipinski definition) is 2. The van der Waals surface area contributed by atoms with Crippen molar-refractivity contribution in [3.63, 3.8) is 0 Å². The molecule has 3 aromatic rings. The van der Waals surface area contributed by atoms with Gasteiger partial charge in [-0.05, 0) is 53.1 Å². The summed E-state index contributed by atoms with van der Waals surface area (Å²) < 4.78 is 35.9. The molecule has 0 unspecified atom stereocenters. The maximum absolute atomic E-state index is 15.2. The lowest BCUT2D eigenvalue weighted by molar-refractivity contribution is 0.233. The molecular formula is C33H42F2O2Si. The van der Waals surface area contributed by atoms with Crippen molar-refractivity contribution < 1.29 is 18.6 Å². The molecule has 0 atom stereocenters. The van der Waals surface area contributed by atoms with Gasteiger partial charge in [0.05, 0.1) is 14.7 Å². The Kier molecular flexibility index (Phi) is 9.78. The van der Waals surface area contributed by atoms with Crippen molar-refractivity contribution >= 4 is 8.07 Å². The van der Waals surface area contributed by atoms with Crippen LogP contribution in [0, 0.1) is 11.6 Å². The summed E-state index contributed by atoms with van der Waals surface area (Å²) in [5.74, 6) is -0.460. The SMILES string of the molecule is CCCC[Si](C)(C)C1CCC(c2ccc(-c3ccc(-c4ccc(OCCCO)cc4)c(F)c3F)cc2)CC1. The van der Waals surface area contributed by atoms with Crippen LogP contribution in [0.4, 0.5) is 8.78 Å². The Balaban J connectivity index is 1.42. The van der Waals surface area contributed by atoms with Gasteiger partial charge in [0.2, 0.25) is 0 Å². The number of hydrogen-bond donors (Lipinski definition) is 1. The summed E-state index contributed by atoms with van der Waals surface area (Å²) in [6, 6.07) is 19.8. The standard InChI is InChI=1S/C33H42F2O2Si/c1-4-5-23-38(2,3)29-17-13-25(14-18-29)24-7-9-26(10-8-24)30-19-20-31(33(35)32(30)34)27-11-15-28(16-12-27)37-22-6-21-36/h7-12,15-16,19-20,25,29,36H,4-6,13-14,17-18,21-23H2,1-3H3. The molecule has 4 rings (SSSR count). The van der Waals surface area contributed by atoms with Crippen molar-refractivity contribution in [2.75, 3.05) is 13.2 Å². The van der Waals surface area contributed by atoms with E-state index in [4.69, 9.17) is 9.84 Å². The highest BCUT2D eigenvalue weighted by Gasteiger charge is 2.34. The van der Waals surface area contributed by atoms with E-state index in [0.29, 0.717) is 35.8 Å². The summed E-state index contributed by atoms with van der Waals surface area (Å²) in [4.78, 5) is 0. The van der Waals surface area contributed by atoms with E-state index in [9.17, 15) is 0 Å². The van der Waals surface area contributed by atoms with Crippen LogP contribution in [0.15, 0.2) is 60.7 Å². The number of halogens is 2. The summed E-state index contributed by atoms with van der Waals surface area (Å²) in [7, 11) is -1.15. The van der Waals surface area contributed by atoms with Crippen molar-refractivity contribution in [1.82, 2.24) is 0 Å². The zero-order chi connectivity index (χ0) is 27.1. The van der Waals surface area contributed by atoms with Crippen LogP contribution in [-0.4, -0.2) is 26.4 Å². The number of benzene rings is 3.